The molecule has 154 valence electrons. The van der Waals surface area contributed by atoms with Gasteiger partial charge >= 0.3 is 5.97 Å². The van der Waals surface area contributed by atoms with Crippen molar-refractivity contribution in [3.63, 3.8) is 0 Å². The fourth-order valence-electron chi connectivity index (χ4n) is 2.40. The number of nitrogens with zero attached hydrogens (tertiary/aromatic N) is 1. The molecule has 0 heterocycles. The molecule has 9 heteroatoms. The van der Waals surface area contributed by atoms with Gasteiger partial charge < -0.3 is 9.47 Å². The molecular weight excluding hydrogens is 418 g/mol. The highest BCUT2D eigenvalue weighted by molar-refractivity contribution is 7.92. The second kappa shape index (κ2) is 9.58. The van der Waals surface area contributed by atoms with Crippen molar-refractivity contribution < 1.29 is 27.5 Å². The van der Waals surface area contributed by atoms with E-state index in [9.17, 15) is 18.0 Å². The molecular formula is C20H20ClNO6S. The van der Waals surface area contributed by atoms with Gasteiger partial charge in [-0.15, -0.1) is 6.58 Å². The van der Waals surface area contributed by atoms with Gasteiger partial charge in [-0.3, -0.25) is 9.10 Å². The van der Waals surface area contributed by atoms with Crippen LogP contribution in [0.4, 0.5) is 5.69 Å². The van der Waals surface area contributed by atoms with Gasteiger partial charge in [-0.25, -0.2) is 13.2 Å². The number of methoxy groups -OCH3 is 1. The maximum atomic E-state index is 13.2. The number of carbonyl (C=O) groups excluding carboxylic acids is 2. The number of hydrogen-bond acceptors (Lipinski definition) is 6. The van der Waals surface area contributed by atoms with Crippen LogP contribution in [-0.4, -0.2) is 40.4 Å². The van der Waals surface area contributed by atoms with Crippen LogP contribution in [0.5, 0.6) is 5.75 Å². The molecule has 0 radical (unpaired) electrons. The Morgan fingerprint density at radius 3 is 2.38 bits per heavy atom. The van der Waals surface area contributed by atoms with Crippen LogP contribution in [0.1, 0.15) is 17.3 Å². The van der Waals surface area contributed by atoms with Crippen LogP contribution < -0.4 is 9.04 Å². The summed E-state index contributed by atoms with van der Waals surface area (Å²) in [4.78, 5) is 23.1. The van der Waals surface area contributed by atoms with E-state index in [2.05, 4.69) is 6.58 Å². The third-order valence-corrected chi connectivity index (χ3v) is 5.93. The topological polar surface area (TPSA) is 90.0 Å². The van der Waals surface area contributed by atoms with Crippen molar-refractivity contribution in [1.29, 1.82) is 0 Å². The molecule has 0 saturated carbocycles. The van der Waals surface area contributed by atoms with Crippen LogP contribution >= 0.6 is 11.6 Å². The summed E-state index contributed by atoms with van der Waals surface area (Å²) in [5, 5.41) is 0.0113. The minimum absolute atomic E-state index is 0.00139. The summed E-state index contributed by atoms with van der Waals surface area (Å²) in [5.41, 5.74) is 0.239. The van der Waals surface area contributed by atoms with E-state index in [0.29, 0.717) is 11.4 Å². The maximum absolute atomic E-state index is 13.2. The summed E-state index contributed by atoms with van der Waals surface area (Å²) in [5.74, 6) is -0.663. The molecule has 0 spiro atoms. The van der Waals surface area contributed by atoms with Gasteiger partial charge in [0.15, 0.2) is 5.78 Å². The minimum atomic E-state index is -4.05. The van der Waals surface area contributed by atoms with Crippen LogP contribution in [0.25, 0.3) is 0 Å². The first-order valence-corrected chi connectivity index (χ1v) is 10.3. The Labute approximate surface area is 174 Å². The molecule has 0 N–H and O–H groups in total. The molecule has 0 fully saturated rings. The van der Waals surface area contributed by atoms with E-state index >= 15 is 0 Å². The zero-order valence-corrected chi connectivity index (χ0v) is 17.5. The summed E-state index contributed by atoms with van der Waals surface area (Å²) in [6, 6.07) is 10.2. The zero-order chi connectivity index (χ0) is 21.6. The molecule has 0 aliphatic heterocycles. The number of halogens is 1. The van der Waals surface area contributed by atoms with E-state index in [1.807, 2.05) is 0 Å². The zero-order valence-electron chi connectivity index (χ0n) is 15.9. The van der Waals surface area contributed by atoms with E-state index in [4.69, 9.17) is 21.1 Å². The third kappa shape index (κ3) is 5.36. The number of esters is 1. The first-order valence-electron chi connectivity index (χ1n) is 8.44. The Bertz CT molecular complexity index is 1020. The molecule has 29 heavy (non-hydrogen) atoms. The number of sulfonamides is 1. The highest BCUT2D eigenvalue weighted by atomic mass is 35.5. The molecule has 0 unspecified atom stereocenters. The molecule has 0 saturated heterocycles. The Morgan fingerprint density at radius 1 is 1.17 bits per heavy atom. The molecule has 2 aromatic carbocycles. The predicted octanol–water partition coefficient (Wildman–Crippen LogP) is 3.48. The fourth-order valence-corrected chi connectivity index (χ4v) is 4.06. The van der Waals surface area contributed by atoms with E-state index in [0.717, 1.165) is 10.4 Å². The van der Waals surface area contributed by atoms with Crippen LogP contribution in [0.15, 0.2) is 60.0 Å². The van der Waals surface area contributed by atoms with E-state index in [-0.39, 0.29) is 27.8 Å². The molecule has 2 aromatic rings. The van der Waals surface area contributed by atoms with Crippen molar-refractivity contribution in [2.75, 3.05) is 24.6 Å². The molecule has 0 bridgehead atoms. The number of ether oxygens (including phenoxy) is 2. The Morgan fingerprint density at radius 2 is 1.83 bits per heavy atom. The number of Topliss-reactive ketones (excluding diaryl/α,β-unsaturated/α-hetero) is 1. The van der Waals surface area contributed by atoms with Crippen LogP contribution in [0.3, 0.4) is 0 Å². The van der Waals surface area contributed by atoms with Crippen LogP contribution in [0, 0.1) is 0 Å². The van der Waals surface area contributed by atoms with E-state index < -0.39 is 22.6 Å². The van der Waals surface area contributed by atoms with Gasteiger partial charge in [-0.1, -0.05) is 17.7 Å². The lowest BCUT2D eigenvalue weighted by Gasteiger charge is -2.23. The Balaban J connectivity index is 2.45. The number of rotatable bonds is 9. The lowest BCUT2D eigenvalue weighted by molar-refractivity contribution is -0.120. The second-order valence-corrected chi connectivity index (χ2v) is 8.21. The first-order chi connectivity index (χ1) is 13.7. The smallest absolute Gasteiger partial charge is 0.340 e. The molecule has 7 nitrogen and oxygen atoms in total. The molecule has 0 atom stereocenters. The van der Waals surface area contributed by atoms with Crippen LogP contribution in [-0.2, 0) is 19.6 Å². The Hall–Kier alpha value is -2.84. The predicted molar refractivity (Wildman–Crippen MR) is 110 cm³/mol. The summed E-state index contributed by atoms with van der Waals surface area (Å²) in [6.07, 6.45) is 1.44. The number of anilines is 1. The van der Waals surface area contributed by atoms with E-state index in [1.54, 1.807) is 24.3 Å². The summed E-state index contributed by atoms with van der Waals surface area (Å²) in [6.45, 7) is 4.44. The average Bonchev–Trinajstić information content (AvgIpc) is 2.70. The van der Waals surface area contributed by atoms with E-state index in [1.165, 1.54) is 32.2 Å². The fraction of sp³-hybridized carbons (Fsp3) is 0.200. The number of hydrogen-bond donors (Lipinski definition) is 0. The molecule has 0 aromatic heterocycles. The van der Waals surface area contributed by atoms with Crippen molar-refractivity contribution in [2.24, 2.45) is 0 Å². The van der Waals surface area contributed by atoms with Gasteiger partial charge in [0.05, 0.1) is 34.8 Å². The molecule has 2 rings (SSSR count). The van der Waals surface area contributed by atoms with Crippen molar-refractivity contribution in [2.45, 2.75) is 11.8 Å². The van der Waals surface area contributed by atoms with Crippen LogP contribution in [0.2, 0.25) is 5.02 Å². The number of carbonyl (C=O) groups is 2. The lowest BCUT2D eigenvalue weighted by atomic mass is 10.2. The maximum Gasteiger partial charge on any atom is 0.340 e. The van der Waals surface area contributed by atoms with Gasteiger partial charge in [0.25, 0.3) is 10.0 Å². The Kier molecular flexibility index (Phi) is 7.41. The number of benzene rings is 2. The van der Waals surface area contributed by atoms with Gasteiger partial charge in [0.1, 0.15) is 12.4 Å². The summed E-state index contributed by atoms with van der Waals surface area (Å²) in [7, 11) is -2.54. The highest BCUT2D eigenvalue weighted by Crippen LogP contribution is 2.28. The average molecular weight is 438 g/mol. The molecule has 0 amide bonds. The molecule has 0 aliphatic carbocycles. The van der Waals surface area contributed by atoms with Gasteiger partial charge in [0, 0.05) is 0 Å². The third-order valence-electron chi connectivity index (χ3n) is 3.81. The van der Waals surface area contributed by atoms with Crippen molar-refractivity contribution >= 4 is 39.1 Å². The molecule has 0 aliphatic rings. The number of ketones is 1. The normalized spacial score (nSPS) is 10.9. The standard InChI is InChI=1S/C20H20ClNO6S/c1-4-11-22(15-5-7-16(27-3)8-6-15)29(25,26)17-9-10-19(21)18(12-17)20(24)28-13-14(2)23/h4-10,12H,1,11,13H2,2-3H3. The summed E-state index contributed by atoms with van der Waals surface area (Å²) >= 11 is 6.02. The van der Waals surface area contributed by atoms with Gasteiger partial charge in [-0.2, -0.15) is 0 Å². The van der Waals surface area contributed by atoms with Gasteiger partial charge in [-0.05, 0) is 49.4 Å². The highest BCUT2D eigenvalue weighted by Gasteiger charge is 2.26. The minimum Gasteiger partial charge on any atom is -0.497 e. The van der Waals surface area contributed by atoms with Crippen molar-refractivity contribution in [3.05, 3.63) is 65.7 Å². The first kappa shape index (κ1) is 22.4. The largest absolute Gasteiger partial charge is 0.497 e. The summed E-state index contributed by atoms with van der Waals surface area (Å²) < 4.78 is 37.5. The quantitative estimate of drug-likeness (QED) is 0.440. The SMILES string of the molecule is C=CCN(c1ccc(OC)cc1)S(=O)(=O)c1ccc(Cl)c(C(=O)OCC(C)=O)c1. The van der Waals surface area contributed by atoms with Crippen molar-refractivity contribution in [1.82, 2.24) is 0 Å². The second-order valence-electron chi connectivity index (χ2n) is 5.94. The monoisotopic (exact) mass is 437 g/mol. The van der Waals surface area contributed by atoms with Gasteiger partial charge in [0.2, 0.25) is 0 Å². The lowest BCUT2D eigenvalue weighted by Crippen LogP contribution is -2.31. The van der Waals surface area contributed by atoms with Crippen molar-refractivity contribution in [3.8, 4) is 5.75 Å².